The number of ether oxygens (including phenoxy) is 1. The van der Waals surface area contributed by atoms with Gasteiger partial charge < -0.3 is 10.1 Å². The second kappa shape index (κ2) is 5.38. The zero-order chi connectivity index (χ0) is 12.2. The molecule has 96 valence electrons. The second-order valence-electron chi connectivity index (χ2n) is 4.89. The number of aromatic nitrogens is 1. The molecule has 1 saturated carbocycles. The Morgan fingerprint density at radius 2 is 2.11 bits per heavy atom. The number of nitrogens with zero attached hydrogens (tertiary/aromatic N) is 2. The molecule has 0 spiro atoms. The molecule has 0 atom stereocenters. The lowest BCUT2D eigenvalue weighted by Crippen LogP contribution is -2.24. The summed E-state index contributed by atoms with van der Waals surface area (Å²) in [4.78, 5) is 8.82. The number of hydrogen-bond donors (Lipinski definition) is 1. The highest BCUT2D eigenvalue weighted by molar-refractivity contribution is 6.01. The van der Waals surface area contributed by atoms with Crippen molar-refractivity contribution in [1.29, 1.82) is 0 Å². The molecule has 0 saturated heterocycles. The minimum absolute atomic E-state index is 0.328. The van der Waals surface area contributed by atoms with Crippen LogP contribution in [0.25, 0.3) is 0 Å². The highest BCUT2D eigenvalue weighted by atomic mass is 16.5. The molecular formula is C14H19N3O. The van der Waals surface area contributed by atoms with Crippen molar-refractivity contribution in [2.24, 2.45) is 4.99 Å². The van der Waals surface area contributed by atoms with Gasteiger partial charge in [-0.25, -0.2) is 4.98 Å². The summed E-state index contributed by atoms with van der Waals surface area (Å²) < 4.78 is 6.07. The van der Waals surface area contributed by atoms with Crippen molar-refractivity contribution in [3.63, 3.8) is 0 Å². The number of hydrogen-bond acceptors (Lipinski definition) is 4. The third-order valence-corrected chi connectivity index (χ3v) is 3.53. The number of nitrogens with one attached hydrogen (secondary N) is 1. The van der Waals surface area contributed by atoms with E-state index in [1.807, 2.05) is 12.1 Å². The van der Waals surface area contributed by atoms with Crippen LogP contribution < -0.4 is 10.1 Å². The normalized spacial score (nSPS) is 20.3. The molecule has 0 amide bonds. The number of amidine groups is 1. The van der Waals surface area contributed by atoms with Crippen LogP contribution in [0.15, 0.2) is 23.3 Å². The van der Waals surface area contributed by atoms with Gasteiger partial charge in [-0.15, -0.1) is 0 Å². The Labute approximate surface area is 107 Å². The van der Waals surface area contributed by atoms with Gasteiger partial charge in [0.1, 0.15) is 11.9 Å². The zero-order valence-corrected chi connectivity index (χ0v) is 10.6. The fraction of sp³-hybridized carbons (Fsp3) is 0.571. The Morgan fingerprint density at radius 3 is 2.89 bits per heavy atom. The van der Waals surface area contributed by atoms with E-state index in [2.05, 4.69) is 15.3 Å². The molecule has 1 N–H and O–H groups in total. The van der Waals surface area contributed by atoms with E-state index < -0.39 is 0 Å². The fourth-order valence-corrected chi connectivity index (χ4v) is 2.58. The molecule has 1 aliphatic heterocycles. The molecular weight excluding hydrogens is 226 g/mol. The second-order valence-corrected chi connectivity index (χ2v) is 4.89. The van der Waals surface area contributed by atoms with Crippen LogP contribution >= 0.6 is 0 Å². The molecule has 1 aromatic heterocycles. The van der Waals surface area contributed by atoms with Crippen LogP contribution in [0.5, 0.6) is 5.88 Å². The maximum absolute atomic E-state index is 6.07. The smallest absolute Gasteiger partial charge is 0.224 e. The Bertz CT molecular complexity index is 438. The zero-order valence-electron chi connectivity index (χ0n) is 10.6. The molecule has 1 aromatic rings. The topological polar surface area (TPSA) is 46.5 Å². The predicted molar refractivity (Wildman–Crippen MR) is 71.1 cm³/mol. The monoisotopic (exact) mass is 245 g/mol. The minimum atomic E-state index is 0.328. The SMILES string of the molecule is c1cnc(OC2CCCCC2)c(C2=NCCN2)c1. The average molecular weight is 245 g/mol. The summed E-state index contributed by atoms with van der Waals surface area (Å²) in [6.07, 6.45) is 8.29. The van der Waals surface area contributed by atoms with Crippen LogP contribution in [-0.2, 0) is 0 Å². The van der Waals surface area contributed by atoms with Crippen molar-refractivity contribution in [3.05, 3.63) is 23.9 Å². The molecule has 18 heavy (non-hydrogen) atoms. The van der Waals surface area contributed by atoms with Crippen LogP contribution in [0.1, 0.15) is 37.7 Å². The highest BCUT2D eigenvalue weighted by Gasteiger charge is 2.19. The largest absolute Gasteiger partial charge is 0.474 e. The summed E-state index contributed by atoms with van der Waals surface area (Å²) in [5.41, 5.74) is 1.00. The summed E-state index contributed by atoms with van der Waals surface area (Å²) in [5.74, 6) is 1.66. The Hall–Kier alpha value is -1.58. The van der Waals surface area contributed by atoms with Crippen molar-refractivity contribution in [3.8, 4) is 5.88 Å². The molecule has 0 aromatic carbocycles. The average Bonchev–Trinajstić information content (AvgIpc) is 2.94. The van der Waals surface area contributed by atoms with Crippen molar-refractivity contribution >= 4 is 5.84 Å². The van der Waals surface area contributed by atoms with Crippen LogP contribution in [0.4, 0.5) is 0 Å². The standard InChI is InChI=1S/C14H19N3O/c1-2-5-11(6-3-1)18-14-12(7-4-8-17-14)13-15-9-10-16-13/h4,7-8,11H,1-3,5-6,9-10H2,(H,15,16). The molecule has 2 heterocycles. The molecule has 4 nitrogen and oxygen atoms in total. The van der Waals surface area contributed by atoms with Gasteiger partial charge in [-0.1, -0.05) is 6.42 Å². The highest BCUT2D eigenvalue weighted by Crippen LogP contribution is 2.24. The lowest BCUT2D eigenvalue weighted by atomic mass is 9.98. The van der Waals surface area contributed by atoms with E-state index in [4.69, 9.17) is 4.74 Å². The van der Waals surface area contributed by atoms with E-state index >= 15 is 0 Å². The first-order chi connectivity index (χ1) is 8.93. The van der Waals surface area contributed by atoms with Gasteiger partial charge in [-0.3, -0.25) is 4.99 Å². The van der Waals surface area contributed by atoms with Crippen LogP contribution in [0.3, 0.4) is 0 Å². The third kappa shape index (κ3) is 2.47. The summed E-state index contributed by atoms with van der Waals surface area (Å²) in [7, 11) is 0. The van der Waals surface area contributed by atoms with Gasteiger partial charge in [0.25, 0.3) is 0 Å². The number of pyridine rings is 1. The first-order valence-electron chi connectivity index (χ1n) is 6.84. The summed E-state index contributed by atoms with van der Waals surface area (Å²) in [5, 5.41) is 3.28. The van der Waals surface area contributed by atoms with Crippen LogP contribution in [0.2, 0.25) is 0 Å². The summed E-state index contributed by atoms with van der Waals surface area (Å²) in [6.45, 7) is 1.75. The lowest BCUT2D eigenvalue weighted by Gasteiger charge is -2.23. The van der Waals surface area contributed by atoms with E-state index in [1.54, 1.807) is 6.20 Å². The van der Waals surface area contributed by atoms with Crippen molar-refractivity contribution < 1.29 is 4.74 Å². The van der Waals surface area contributed by atoms with Gasteiger partial charge in [0.05, 0.1) is 12.1 Å². The molecule has 0 radical (unpaired) electrons. The lowest BCUT2D eigenvalue weighted by molar-refractivity contribution is 0.148. The Morgan fingerprint density at radius 1 is 1.22 bits per heavy atom. The Kier molecular flexibility index (Phi) is 3.44. The molecule has 3 rings (SSSR count). The molecule has 1 fully saturated rings. The first kappa shape index (κ1) is 11.5. The van der Waals surface area contributed by atoms with E-state index in [9.17, 15) is 0 Å². The van der Waals surface area contributed by atoms with E-state index in [0.29, 0.717) is 6.10 Å². The third-order valence-electron chi connectivity index (χ3n) is 3.53. The molecule has 1 aliphatic carbocycles. The molecule has 0 unspecified atom stereocenters. The van der Waals surface area contributed by atoms with Crippen molar-refractivity contribution in [1.82, 2.24) is 10.3 Å². The molecule has 4 heteroatoms. The predicted octanol–water partition coefficient (Wildman–Crippen LogP) is 2.14. The summed E-state index contributed by atoms with van der Waals surface area (Å²) in [6, 6.07) is 3.97. The van der Waals surface area contributed by atoms with Gasteiger partial charge in [0.2, 0.25) is 5.88 Å². The van der Waals surface area contributed by atoms with E-state index in [0.717, 1.165) is 43.2 Å². The van der Waals surface area contributed by atoms with Crippen LogP contribution in [0, 0.1) is 0 Å². The van der Waals surface area contributed by atoms with Gasteiger partial charge in [0.15, 0.2) is 0 Å². The first-order valence-corrected chi connectivity index (χ1v) is 6.84. The fourth-order valence-electron chi connectivity index (χ4n) is 2.58. The quantitative estimate of drug-likeness (QED) is 0.887. The van der Waals surface area contributed by atoms with Crippen molar-refractivity contribution in [2.75, 3.05) is 13.1 Å². The van der Waals surface area contributed by atoms with Crippen molar-refractivity contribution in [2.45, 2.75) is 38.2 Å². The number of rotatable bonds is 3. The summed E-state index contributed by atoms with van der Waals surface area (Å²) >= 11 is 0. The van der Waals surface area contributed by atoms with Crippen LogP contribution in [-0.4, -0.2) is 30.0 Å². The van der Waals surface area contributed by atoms with E-state index in [1.165, 1.54) is 19.3 Å². The van der Waals surface area contributed by atoms with Gasteiger partial charge in [-0.05, 0) is 37.8 Å². The number of aliphatic imine (C=N–C) groups is 1. The minimum Gasteiger partial charge on any atom is -0.474 e. The molecule has 2 aliphatic rings. The molecule has 0 bridgehead atoms. The van der Waals surface area contributed by atoms with Gasteiger partial charge in [-0.2, -0.15) is 0 Å². The van der Waals surface area contributed by atoms with E-state index in [-0.39, 0.29) is 0 Å². The Balaban J connectivity index is 1.78. The maximum Gasteiger partial charge on any atom is 0.224 e. The van der Waals surface area contributed by atoms with Gasteiger partial charge in [0, 0.05) is 12.7 Å². The maximum atomic E-state index is 6.07. The van der Waals surface area contributed by atoms with Gasteiger partial charge >= 0.3 is 0 Å².